The molecule has 1 aliphatic heterocycles. The van der Waals surface area contributed by atoms with Crippen molar-refractivity contribution in [3.05, 3.63) is 41.3 Å². The average Bonchev–Trinajstić information content (AvgIpc) is 3.17. The van der Waals surface area contributed by atoms with Gasteiger partial charge in [0.15, 0.2) is 5.69 Å². The number of hydrogen-bond donors (Lipinski definition) is 1. The minimum Gasteiger partial charge on any atom is -0.361 e. The standard InChI is InChI=1S/C17H17N3O3/c1-10-8-14(19-23-10)16(21)18-13-5-4-11-6-7-20(15(11)9-13)17(22)12-2-3-12/h4-5,8-9,12H,2-3,6-7H2,1H3,(H,18,21). The minimum absolute atomic E-state index is 0.192. The molecule has 6 heteroatoms. The summed E-state index contributed by atoms with van der Waals surface area (Å²) in [4.78, 5) is 26.3. The maximum Gasteiger partial charge on any atom is 0.277 e. The zero-order chi connectivity index (χ0) is 16.0. The Morgan fingerprint density at radius 2 is 2.13 bits per heavy atom. The first-order valence-electron chi connectivity index (χ1n) is 7.81. The summed E-state index contributed by atoms with van der Waals surface area (Å²) in [5, 5.41) is 6.51. The Morgan fingerprint density at radius 3 is 2.83 bits per heavy atom. The molecule has 1 N–H and O–H groups in total. The molecule has 1 fully saturated rings. The topological polar surface area (TPSA) is 75.4 Å². The lowest BCUT2D eigenvalue weighted by Gasteiger charge is -2.17. The third-order valence-corrected chi connectivity index (χ3v) is 4.29. The van der Waals surface area contributed by atoms with E-state index in [1.54, 1.807) is 13.0 Å². The van der Waals surface area contributed by atoms with Crippen LogP contribution in [-0.2, 0) is 11.2 Å². The summed E-state index contributed by atoms with van der Waals surface area (Å²) in [6.45, 7) is 2.46. The number of anilines is 2. The number of carbonyl (C=O) groups is 2. The fraction of sp³-hybridized carbons (Fsp3) is 0.353. The quantitative estimate of drug-likeness (QED) is 0.945. The van der Waals surface area contributed by atoms with Crippen molar-refractivity contribution in [2.75, 3.05) is 16.8 Å². The van der Waals surface area contributed by atoms with Gasteiger partial charge in [0.2, 0.25) is 5.91 Å². The lowest BCUT2D eigenvalue weighted by Crippen LogP contribution is -2.30. The van der Waals surface area contributed by atoms with Gasteiger partial charge in [-0.05, 0) is 43.9 Å². The number of carbonyl (C=O) groups excluding carboxylic acids is 2. The first-order valence-corrected chi connectivity index (χ1v) is 7.81. The van der Waals surface area contributed by atoms with Crippen molar-refractivity contribution in [2.24, 2.45) is 5.92 Å². The minimum atomic E-state index is -0.320. The van der Waals surface area contributed by atoms with Gasteiger partial charge in [-0.1, -0.05) is 11.2 Å². The molecule has 0 spiro atoms. The number of benzene rings is 1. The zero-order valence-corrected chi connectivity index (χ0v) is 12.8. The van der Waals surface area contributed by atoms with E-state index in [1.807, 2.05) is 23.1 Å². The lowest BCUT2D eigenvalue weighted by molar-refractivity contribution is -0.119. The van der Waals surface area contributed by atoms with E-state index in [0.29, 0.717) is 11.4 Å². The van der Waals surface area contributed by atoms with Crippen molar-refractivity contribution in [2.45, 2.75) is 26.2 Å². The van der Waals surface area contributed by atoms with Crippen LogP contribution < -0.4 is 10.2 Å². The molecular formula is C17H17N3O3. The van der Waals surface area contributed by atoms with Gasteiger partial charge in [-0.15, -0.1) is 0 Å². The molecule has 0 radical (unpaired) electrons. The Morgan fingerprint density at radius 1 is 1.30 bits per heavy atom. The van der Waals surface area contributed by atoms with Crippen molar-refractivity contribution in [3.63, 3.8) is 0 Å². The predicted molar refractivity (Wildman–Crippen MR) is 84.4 cm³/mol. The van der Waals surface area contributed by atoms with Crippen LogP contribution in [-0.4, -0.2) is 23.5 Å². The number of aryl methyl sites for hydroxylation is 1. The fourth-order valence-electron chi connectivity index (χ4n) is 2.91. The maximum absolute atomic E-state index is 12.3. The number of amides is 2. The molecule has 6 nitrogen and oxygen atoms in total. The molecule has 2 amide bonds. The van der Waals surface area contributed by atoms with Gasteiger partial charge in [-0.2, -0.15) is 0 Å². The summed E-state index contributed by atoms with van der Waals surface area (Å²) in [6, 6.07) is 7.28. The Kier molecular flexibility index (Phi) is 3.18. The van der Waals surface area contributed by atoms with Crippen LogP contribution in [0.5, 0.6) is 0 Å². The largest absolute Gasteiger partial charge is 0.361 e. The third kappa shape index (κ3) is 2.60. The first-order chi connectivity index (χ1) is 11.1. The van der Waals surface area contributed by atoms with E-state index in [9.17, 15) is 9.59 Å². The van der Waals surface area contributed by atoms with Gasteiger partial charge in [0, 0.05) is 29.9 Å². The summed E-state index contributed by atoms with van der Waals surface area (Å²) in [5.41, 5.74) is 2.96. The van der Waals surface area contributed by atoms with E-state index in [4.69, 9.17) is 4.52 Å². The van der Waals surface area contributed by atoms with E-state index in [1.165, 1.54) is 0 Å². The maximum atomic E-state index is 12.3. The highest BCUT2D eigenvalue weighted by atomic mass is 16.5. The summed E-state index contributed by atoms with van der Waals surface area (Å²) >= 11 is 0. The molecule has 1 aromatic heterocycles. The Hall–Kier alpha value is -2.63. The molecule has 2 heterocycles. The molecule has 1 aromatic carbocycles. The number of aromatic nitrogens is 1. The van der Waals surface area contributed by atoms with Crippen LogP contribution in [0.3, 0.4) is 0 Å². The van der Waals surface area contributed by atoms with E-state index in [0.717, 1.165) is 37.1 Å². The van der Waals surface area contributed by atoms with Crippen LogP contribution in [0.1, 0.15) is 34.7 Å². The van der Waals surface area contributed by atoms with Crippen molar-refractivity contribution in [1.82, 2.24) is 5.16 Å². The van der Waals surface area contributed by atoms with Crippen LogP contribution in [0.4, 0.5) is 11.4 Å². The summed E-state index contributed by atoms with van der Waals surface area (Å²) in [6.07, 6.45) is 2.85. The molecule has 1 saturated carbocycles. The van der Waals surface area contributed by atoms with Crippen LogP contribution in [0.2, 0.25) is 0 Å². The molecule has 23 heavy (non-hydrogen) atoms. The second-order valence-corrected chi connectivity index (χ2v) is 6.13. The number of nitrogens with one attached hydrogen (secondary N) is 1. The van der Waals surface area contributed by atoms with Gasteiger partial charge < -0.3 is 14.7 Å². The number of rotatable bonds is 3. The second-order valence-electron chi connectivity index (χ2n) is 6.13. The molecule has 4 rings (SSSR count). The smallest absolute Gasteiger partial charge is 0.277 e. The Balaban J connectivity index is 1.55. The first kappa shape index (κ1) is 14.0. The highest BCUT2D eigenvalue weighted by molar-refractivity contribution is 6.04. The molecule has 2 aromatic rings. The molecule has 1 aliphatic carbocycles. The SMILES string of the molecule is Cc1cc(C(=O)Nc2ccc3c(c2)N(C(=O)C2CC2)CC3)no1. The third-order valence-electron chi connectivity index (χ3n) is 4.29. The van der Waals surface area contributed by atoms with Crippen molar-refractivity contribution < 1.29 is 14.1 Å². The molecule has 0 unspecified atom stereocenters. The summed E-state index contributed by atoms with van der Waals surface area (Å²) < 4.78 is 4.92. The van der Waals surface area contributed by atoms with E-state index in [-0.39, 0.29) is 23.4 Å². The zero-order valence-electron chi connectivity index (χ0n) is 12.8. The Labute approximate surface area is 133 Å². The normalized spacial score (nSPS) is 16.3. The lowest BCUT2D eigenvalue weighted by atomic mass is 10.1. The average molecular weight is 311 g/mol. The van der Waals surface area contributed by atoms with E-state index in [2.05, 4.69) is 10.5 Å². The van der Waals surface area contributed by atoms with Crippen LogP contribution >= 0.6 is 0 Å². The summed E-state index contributed by atoms with van der Waals surface area (Å²) in [5.74, 6) is 0.668. The van der Waals surface area contributed by atoms with Crippen molar-refractivity contribution in [1.29, 1.82) is 0 Å². The Bertz CT molecular complexity index is 792. The van der Waals surface area contributed by atoms with Gasteiger partial charge in [-0.25, -0.2) is 0 Å². The van der Waals surface area contributed by atoms with Gasteiger partial charge in [0.05, 0.1) is 0 Å². The molecule has 0 bridgehead atoms. The van der Waals surface area contributed by atoms with Crippen molar-refractivity contribution >= 4 is 23.2 Å². The van der Waals surface area contributed by atoms with Gasteiger partial charge in [-0.3, -0.25) is 9.59 Å². The molecule has 0 atom stereocenters. The summed E-state index contributed by atoms with van der Waals surface area (Å²) in [7, 11) is 0. The number of fused-ring (bicyclic) bond motifs is 1. The number of hydrogen-bond acceptors (Lipinski definition) is 4. The molecule has 118 valence electrons. The van der Waals surface area contributed by atoms with Gasteiger partial charge in [0.1, 0.15) is 5.76 Å². The highest BCUT2D eigenvalue weighted by Crippen LogP contribution is 2.37. The van der Waals surface area contributed by atoms with Gasteiger partial charge >= 0.3 is 0 Å². The van der Waals surface area contributed by atoms with Crippen LogP contribution in [0, 0.1) is 12.8 Å². The van der Waals surface area contributed by atoms with Gasteiger partial charge in [0.25, 0.3) is 5.91 Å². The fourth-order valence-corrected chi connectivity index (χ4v) is 2.91. The van der Waals surface area contributed by atoms with Crippen LogP contribution in [0.15, 0.2) is 28.8 Å². The molecular weight excluding hydrogens is 294 g/mol. The predicted octanol–water partition coefficient (Wildman–Crippen LogP) is 2.53. The van der Waals surface area contributed by atoms with Crippen LogP contribution in [0.25, 0.3) is 0 Å². The van der Waals surface area contributed by atoms with E-state index < -0.39 is 0 Å². The second kappa shape index (κ2) is 5.22. The van der Waals surface area contributed by atoms with Crippen molar-refractivity contribution in [3.8, 4) is 0 Å². The van der Waals surface area contributed by atoms with E-state index >= 15 is 0 Å². The number of nitrogens with zero attached hydrogens (tertiary/aromatic N) is 2. The monoisotopic (exact) mass is 311 g/mol. The molecule has 2 aliphatic rings. The highest BCUT2D eigenvalue weighted by Gasteiger charge is 2.36. The molecule has 0 saturated heterocycles.